The third-order valence-corrected chi connectivity index (χ3v) is 3.42. The van der Waals surface area contributed by atoms with Crippen molar-refractivity contribution in [1.82, 2.24) is 5.32 Å². The minimum Gasteiger partial charge on any atom is -0.353 e. The molecular formula is C15H19NO2. The fraction of sp³-hybridized carbons (Fsp3) is 0.467. The molecule has 1 fully saturated rings. The highest BCUT2D eigenvalue weighted by Gasteiger charge is 2.39. The van der Waals surface area contributed by atoms with E-state index in [1.165, 1.54) is 0 Å². The van der Waals surface area contributed by atoms with Gasteiger partial charge < -0.3 is 5.32 Å². The minimum atomic E-state index is -0.0991. The maximum atomic E-state index is 11.9. The molecule has 1 amide bonds. The Bertz CT molecular complexity index is 441. The molecule has 1 aromatic carbocycles. The molecule has 0 heterocycles. The summed E-state index contributed by atoms with van der Waals surface area (Å²) in [5.41, 5.74) is 0.707. The van der Waals surface area contributed by atoms with Crippen LogP contribution in [0.1, 0.15) is 37.0 Å². The van der Waals surface area contributed by atoms with Gasteiger partial charge in [0.2, 0.25) is 5.91 Å². The summed E-state index contributed by atoms with van der Waals surface area (Å²) in [7, 11) is 0. The second-order valence-corrected chi connectivity index (χ2v) is 5.22. The summed E-state index contributed by atoms with van der Waals surface area (Å²) in [6, 6.07) is 9.10. The molecule has 0 unspecified atom stereocenters. The normalized spacial score (nSPS) is 23.2. The lowest BCUT2D eigenvalue weighted by Gasteiger charge is -2.13. The summed E-state index contributed by atoms with van der Waals surface area (Å²) in [4.78, 5) is 23.7. The van der Waals surface area contributed by atoms with Crippen molar-refractivity contribution in [2.24, 2.45) is 11.8 Å². The van der Waals surface area contributed by atoms with E-state index < -0.39 is 0 Å². The molecule has 0 aliphatic heterocycles. The molecule has 1 saturated carbocycles. The van der Waals surface area contributed by atoms with Crippen LogP contribution in [0.3, 0.4) is 0 Å². The lowest BCUT2D eigenvalue weighted by molar-refractivity contribution is -0.123. The zero-order valence-electron chi connectivity index (χ0n) is 10.8. The van der Waals surface area contributed by atoms with E-state index >= 15 is 0 Å². The molecule has 1 aliphatic rings. The van der Waals surface area contributed by atoms with Crippen molar-refractivity contribution in [2.45, 2.75) is 32.7 Å². The molecule has 1 aliphatic carbocycles. The summed E-state index contributed by atoms with van der Waals surface area (Å²) >= 11 is 0. The standard InChI is InChI=1S/C15H19NO2/c1-10-8-13(10)15(18)16-11(2)9-14(17)12-6-4-3-5-7-12/h3-7,10-11,13H,8-9H2,1-2H3,(H,16,18)/t10-,11+,13-/m0/s1. The summed E-state index contributed by atoms with van der Waals surface area (Å²) in [5, 5.41) is 2.91. The quantitative estimate of drug-likeness (QED) is 0.810. The lowest BCUT2D eigenvalue weighted by Crippen LogP contribution is -2.35. The van der Waals surface area contributed by atoms with Crippen molar-refractivity contribution in [3.63, 3.8) is 0 Å². The molecule has 96 valence electrons. The third kappa shape index (κ3) is 3.19. The smallest absolute Gasteiger partial charge is 0.223 e. The molecule has 3 nitrogen and oxygen atoms in total. The average molecular weight is 245 g/mol. The summed E-state index contributed by atoms with van der Waals surface area (Å²) in [6.07, 6.45) is 1.34. The molecule has 0 aromatic heterocycles. The van der Waals surface area contributed by atoms with Crippen molar-refractivity contribution in [3.05, 3.63) is 35.9 Å². The van der Waals surface area contributed by atoms with Crippen LogP contribution >= 0.6 is 0 Å². The molecule has 3 heteroatoms. The van der Waals surface area contributed by atoms with Gasteiger partial charge in [0.1, 0.15) is 0 Å². The number of carbonyl (C=O) groups excluding carboxylic acids is 2. The number of nitrogens with one attached hydrogen (secondary N) is 1. The first-order valence-corrected chi connectivity index (χ1v) is 6.46. The first kappa shape index (κ1) is 12.8. The average Bonchev–Trinajstić information content (AvgIpc) is 3.07. The van der Waals surface area contributed by atoms with Crippen LogP contribution in [-0.2, 0) is 4.79 Å². The molecule has 0 spiro atoms. The molecule has 2 rings (SSSR count). The van der Waals surface area contributed by atoms with Gasteiger partial charge in [-0.15, -0.1) is 0 Å². The number of rotatable bonds is 5. The number of hydrogen-bond acceptors (Lipinski definition) is 2. The number of hydrogen-bond donors (Lipinski definition) is 1. The summed E-state index contributed by atoms with van der Waals surface area (Å²) in [5.74, 6) is 0.837. The Morgan fingerprint density at radius 2 is 1.94 bits per heavy atom. The molecule has 1 N–H and O–H groups in total. The van der Waals surface area contributed by atoms with E-state index in [0.717, 1.165) is 6.42 Å². The van der Waals surface area contributed by atoms with Gasteiger partial charge in [-0.05, 0) is 19.3 Å². The van der Waals surface area contributed by atoms with E-state index in [4.69, 9.17) is 0 Å². The highest BCUT2D eigenvalue weighted by atomic mass is 16.2. The fourth-order valence-corrected chi connectivity index (χ4v) is 2.11. The summed E-state index contributed by atoms with van der Waals surface area (Å²) < 4.78 is 0. The topological polar surface area (TPSA) is 46.2 Å². The van der Waals surface area contributed by atoms with E-state index in [1.54, 1.807) is 12.1 Å². The predicted molar refractivity (Wildman–Crippen MR) is 70.3 cm³/mol. The fourth-order valence-electron chi connectivity index (χ4n) is 2.11. The molecule has 0 radical (unpaired) electrons. The van der Waals surface area contributed by atoms with Crippen molar-refractivity contribution in [2.75, 3.05) is 0 Å². The van der Waals surface area contributed by atoms with Crippen LogP contribution in [-0.4, -0.2) is 17.7 Å². The van der Waals surface area contributed by atoms with Gasteiger partial charge in [-0.25, -0.2) is 0 Å². The molecular weight excluding hydrogens is 226 g/mol. The van der Waals surface area contributed by atoms with Gasteiger partial charge in [0, 0.05) is 23.9 Å². The van der Waals surface area contributed by atoms with Gasteiger partial charge in [0.25, 0.3) is 0 Å². The molecule has 3 atom stereocenters. The SMILES string of the molecule is C[C@H](CC(=O)c1ccccc1)NC(=O)[C@H]1C[C@@H]1C. The van der Waals surface area contributed by atoms with Crippen LogP contribution in [0.25, 0.3) is 0 Å². The van der Waals surface area contributed by atoms with Crippen LogP contribution in [0.15, 0.2) is 30.3 Å². The van der Waals surface area contributed by atoms with E-state index in [-0.39, 0.29) is 23.7 Å². The minimum absolute atomic E-state index is 0.0762. The van der Waals surface area contributed by atoms with E-state index in [1.807, 2.05) is 25.1 Å². The van der Waals surface area contributed by atoms with Gasteiger partial charge in [-0.3, -0.25) is 9.59 Å². The first-order valence-electron chi connectivity index (χ1n) is 6.46. The maximum absolute atomic E-state index is 11.9. The largest absolute Gasteiger partial charge is 0.353 e. The van der Waals surface area contributed by atoms with E-state index in [2.05, 4.69) is 12.2 Å². The van der Waals surface area contributed by atoms with Crippen LogP contribution in [0.2, 0.25) is 0 Å². The number of Topliss-reactive ketones (excluding diaryl/α,β-unsaturated/α-hetero) is 1. The number of ketones is 1. The van der Waals surface area contributed by atoms with Gasteiger partial charge in [0.05, 0.1) is 0 Å². The van der Waals surface area contributed by atoms with Gasteiger partial charge in [-0.2, -0.15) is 0 Å². The third-order valence-electron chi connectivity index (χ3n) is 3.42. The van der Waals surface area contributed by atoms with Crippen molar-refractivity contribution in [1.29, 1.82) is 0 Å². The van der Waals surface area contributed by atoms with Gasteiger partial charge >= 0.3 is 0 Å². The highest BCUT2D eigenvalue weighted by molar-refractivity contribution is 5.96. The predicted octanol–water partition coefficient (Wildman–Crippen LogP) is 2.42. The van der Waals surface area contributed by atoms with Gasteiger partial charge in [-0.1, -0.05) is 37.3 Å². The van der Waals surface area contributed by atoms with Crippen molar-refractivity contribution in [3.8, 4) is 0 Å². The highest BCUT2D eigenvalue weighted by Crippen LogP contribution is 2.37. The Morgan fingerprint density at radius 3 is 2.50 bits per heavy atom. The van der Waals surface area contributed by atoms with Crippen LogP contribution in [0, 0.1) is 11.8 Å². The number of benzene rings is 1. The van der Waals surface area contributed by atoms with Gasteiger partial charge in [0.15, 0.2) is 5.78 Å². The number of carbonyl (C=O) groups is 2. The Labute approximate surface area is 108 Å². The summed E-state index contributed by atoms with van der Waals surface area (Å²) in [6.45, 7) is 3.95. The number of amides is 1. The molecule has 0 saturated heterocycles. The monoisotopic (exact) mass is 245 g/mol. The van der Waals surface area contributed by atoms with E-state index in [0.29, 0.717) is 17.9 Å². The Kier molecular flexibility index (Phi) is 3.80. The molecule has 0 bridgehead atoms. The Hall–Kier alpha value is -1.64. The zero-order chi connectivity index (χ0) is 13.1. The second-order valence-electron chi connectivity index (χ2n) is 5.22. The van der Waals surface area contributed by atoms with E-state index in [9.17, 15) is 9.59 Å². The molecule has 1 aromatic rings. The van der Waals surface area contributed by atoms with Crippen molar-refractivity contribution < 1.29 is 9.59 Å². The van der Waals surface area contributed by atoms with Crippen LogP contribution in [0.5, 0.6) is 0 Å². The first-order chi connectivity index (χ1) is 8.58. The Balaban J connectivity index is 1.82. The lowest BCUT2D eigenvalue weighted by atomic mass is 10.0. The van der Waals surface area contributed by atoms with Crippen molar-refractivity contribution >= 4 is 11.7 Å². The van der Waals surface area contributed by atoms with Crippen LogP contribution in [0.4, 0.5) is 0 Å². The van der Waals surface area contributed by atoms with Crippen LogP contribution < -0.4 is 5.32 Å². The molecule has 18 heavy (non-hydrogen) atoms. The zero-order valence-corrected chi connectivity index (χ0v) is 10.8. The maximum Gasteiger partial charge on any atom is 0.223 e. The Morgan fingerprint density at radius 1 is 1.33 bits per heavy atom. The second kappa shape index (κ2) is 5.34.